The van der Waals surface area contributed by atoms with E-state index in [1.54, 1.807) is 35.2 Å². The van der Waals surface area contributed by atoms with Crippen LogP contribution in [0.4, 0.5) is 4.39 Å². The molecule has 0 aliphatic heterocycles. The van der Waals surface area contributed by atoms with E-state index in [0.29, 0.717) is 5.92 Å². The zero-order valence-corrected chi connectivity index (χ0v) is 15.2. The van der Waals surface area contributed by atoms with Crippen LogP contribution in [0, 0.1) is 5.82 Å². The lowest BCUT2D eigenvalue weighted by Crippen LogP contribution is -2.02. The third-order valence-corrected chi connectivity index (χ3v) is 5.93. The van der Waals surface area contributed by atoms with Crippen molar-refractivity contribution in [1.29, 1.82) is 0 Å². The van der Waals surface area contributed by atoms with Crippen molar-refractivity contribution in [3.63, 3.8) is 0 Å². The highest BCUT2D eigenvalue weighted by atomic mass is 32.2. The number of allylic oxidation sites excluding steroid dienone is 1. The van der Waals surface area contributed by atoms with Crippen molar-refractivity contribution >= 4 is 23.1 Å². The molecule has 0 unspecified atom stereocenters. The fourth-order valence-electron chi connectivity index (χ4n) is 2.59. The van der Waals surface area contributed by atoms with Gasteiger partial charge in [-0.1, -0.05) is 17.8 Å². The molecule has 0 N–H and O–H groups in total. The minimum absolute atomic E-state index is 0.232. The number of thiazole rings is 1. The number of halogens is 1. The molecule has 1 saturated carbocycles. The summed E-state index contributed by atoms with van der Waals surface area (Å²) in [7, 11) is 0. The molecule has 1 fully saturated rings. The van der Waals surface area contributed by atoms with Crippen LogP contribution in [0.25, 0.3) is 10.6 Å². The first-order valence-corrected chi connectivity index (χ1v) is 9.98. The van der Waals surface area contributed by atoms with Gasteiger partial charge < -0.3 is 4.57 Å². The van der Waals surface area contributed by atoms with Gasteiger partial charge in [-0.25, -0.2) is 9.37 Å². The summed E-state index contributed by atoms with van der Waals surface area (Å²) in [5, 5.41) is 12.6. The fourth-order valence-corrected chi connectivity index (χ4v) is 4.37. The molecule has 25 heavy (non-hydrogen) atoms. The fraction of sp³-hybridized carbons (Fsp3) is 0.278. The van der Waals surface area contributed by atoms with Gasteiger partial charge in [0.05, 0.1) is 5.69 Å². The number of benzene rings is 1. The Labute approximate surface area is 153 Å². The van der Waals surface area contributed by atoms with Crippen molar-refractivity contribution < 1.29 is 4.39 Å². The number of rotatable bonds is 7. The van der Waals surface area contributed by atoms with Crippen LogP contribution < -0.4 is 0 Å². The van der Waals surface area contributed by atoms with Crippen LogP contribution in [-0.2, 0) is 12.3 Å². The zero-order valence-electron chi connectivity index (χ0n) is 13.6. The molecule has 4 nitrogen and oxygen atoms in total. The summed E-state index contributed by atoms with van der Waals surface area (Å²) < 4.78 is 15.2. The maximum absolute atomic E-state index is 13.0. The first-order valence-electron chi connectivity index (χ1n) is 8.11. The maximum atomic E-state index is 13.0. The van der Waals surface area contributed by atoms with Crippen molar-refractivity contribution in [3.05, 3.63) is 59.6 Å². The second-order valence-electron chi connectivity index (χ2n) is 5.95. The van der Waals surface area contributed by atoms with E-state index in [9.17, 15) is 4.39 Å². The molecule has 1 aliphatic carbocycles. The van der Waals surface area contributed by atoms with Crippen molar-refractivity contribution in [2.45, 2.75) is 36.2 Å². The average Bonchev–Trinajstić information content (AvgIpc) is 3.22. The highest BCUT2D eigenvalue weighted by molar-refractivity contribution is 7.98. The highest BCUT2D eigenvalue weighted by Gasteiger charge is 2.30. The number of hydrogen-bond donors (Lipinski definition) is 0. The Hall–Kier alpha value is -1.99. The Kier molecular flexibility index (Phi) is 4.67. The standard InChI is InChI=1S/C18H17FN4S2/c1-2-9-23-16(12-3-4-12)21-22-18(23)25-11-15-10-24-17(20-15)13-5-7-14(19)8-6-13/h2,5-8,10,12H,1,3-4,9,11H2. The van der Waals surface area contributed by atoms with E-state index in [4.69, 9.17) is 0 Å². The average molecular weight is 372 g/mol. The molecule has 7 heteroatoms. The van der Waals surface area contributed by atoms with Gasteiger partial charge in [-0.3, -0.25) is 0 Å². The Morgan fingerprint density at radius 3 is 2.80 bits per heavy atom. The Balaban J connectivity index is 1.47. The predicted octanol–water partition coefficient (Wildman–Crippen LogP) is 4.90. The molecule has 4 rings (SSSR count). The lowest BCUT2D eigenvalue weighted by atomic mass is 10.2. The highest BCUT2D eigenvalue weighted by Crippen LogP contribution is 2.40. The summed E-state index contributed by atoms with van der Waals surface area (Å²) in [5.74, 6) is 2.14. The van der Waals surface area contributed by atoms with Crippen LogP contribution in [-0.4, -0.2) is 19.7 Å². The topological polar surface area (TPSA) is 43.6 Å². The number of aromatic nitrogens is 4. The van der Waals surface area contributed by atoms with Crippen molar-refractivity contribution in [2.75, 3.05) is 0 Å². The quantitative estimate of drug-likeness (QED) is 0.437. The van der Waals surface area contributed by atoms with Crippen LogP contribution in [0.5, 0.6) is 0 Å². The van der Waals surface area contributed by atoms with E-state index >= 15 is 0 Å². The van der Waals surface area contributed by atoms with Crippen LogP contribution in [0.2, 0.25) is 0 Å². The lowest BCUT2D eigenvalue weighted by molar-refractivity contribution is 0.628. The molecule has 1 aromatic carbocycles. The predicted molar refractivity (Wildman–Crippen MR) is 99.3 cm³/mol. The number of thioether (sulfide) groups is 1. The molecule has 1 aliphatic rings. The summed E-state index contributed by atoms with van der Waals surface area (Å²) in [6, 6.07) is 6.44. The zero-order chi connectivity index (χ0) is 17.2. The van der Waals surface area contributed by atoms with E-state index in [1.807, 2.05) is 11.5 Å². The molecule has 3 aromatic rings. The van der Waals surface area contributed by atoms with E-state index < -0.39 is 0 Å². The van der Waals surface area contributed by atoms with Gasteiger partial charge >= 0.3 is 0 Å². The van der Waals surface area contributed by atoms with Crippen molar-refractivity contribution in [1.82, 2.24) is 19.7 Å². The second-order valence-corrected chi connectivity index (χ2v) is 7.75. The van der Waals surface area contributed by atoms with Crippen molar-refractivity contribution in [3.8, 4) is 10.6 Å². The van der Waals surface area contributed by atoms with E-state index in [2.05, 4.69) is 26.3 Å². The molecule has 2 aromatic heterocycles. The van der Waals surface area contributed by atoms with Crippen LogP contribution in [0.15, 0.2) is 47.5 Å². The maximum Gasteiger partial charge on any atom is 0.191 e. The monoisotopic (exact) mass is 372 g/mol. The smallest absolute Gasteiger partial charge is 0.191 e. The Bertz CT molecular complexity index is 881. The van der Waals surface area contributed by atoms with Gasteiger partial charge in [0.15, 0.2) is 5.16 Å². The van der Waals surface area contributed by atoms with Crippen LogP contribution >= 0.6 is 23.1 Å². The molecule has 0 radical (unpaired) electrons. The number of hydrogen-bond acceptors (Lipinski definition) is 5. The van der Waals surface area contributed by atoms with Crippen LogP contribution in [0.3, 0.4) is 0 Å². The largest absolute Gasteiger partial charge is 0.302 e. The van der Waals surface area contributed by atoms with E-state index in [1.165, 1.54) is 25.0 Å². The van der Waals surface area contributed by atoms with Gasteiger partial charge in [-0.15, -0.1) is 28.1 Å². The third-order valence-electron chi connectivity index (χ3n) is 3.99. The van der Waals surface area contributed by atoms with E-state index in [-0.39, 0.29) is 5.82 Å². The van der Waals surface area contributed by atoms with Crippen molar-refractivity contribution in [2.24, 2.45) is 0 Å². The first-order chi connectivity index (χ1) is 12.2. The summed E-state index contributed by atoms with van der Waals surface area (Å²) >= 11 is 3.22. The Morgan fingerprint density at radius 2 is 2.08 bits per heavy atom. The summed E-state index contributed by atoms with van der Waals surface area (Å²) in [6.45, 7) is 4.57. The van der Waals surface area contributed by atoms with Gasteiger partial charge in [-0.2, -0.15) is 0 Å². The number of nitrogens with zero attached hydrogens (tertiary/aromatic N) is 4. The van der Waals surface area contributed by atoms with Gasteiger partial charge in [0.2, 0.25) is 0 Å². The van der Waals surface area contributed by atoms with Gasteiger partial charge in [-0.05, 0) is 37.1 Å². The molecule has 0 atom stereocenters. The van der Waals surface area contributed by atoms with Crippen LogP contribution in [0.1, 0.15) is 30.3 Å². The van der Waals surface area contributed by atoms with E-state index in [0.717, 1.165) is 39.5 Å². The van der Waals surface area contributed by atoms with Gasteiger partial charge in [0.1, 0.15) is 16.6 Å². The van der Waals surface area contributed by atoms with Gasteiger partial charge in [0, 0.05) is 29.2 Å². The first kappa shape index (κ1) is 16.5. The normalized spacial score (nSPS) is 14.0. The molecular weight excluding hydrogens is 355 g/mol. The molecule has 128 valence electrons. The Morgan fingerprint density at radius 1 is 1.28 bits per heavy atom. The minimum atomic E-state index is -0.232. The third kappa shape index (κ3) is 3.67. The summed E-state index contributed by atoms with van der Waals surface area (Å²) in [4.78, 5) is 4.65. The molecule has 0 amide bonds. The molecule has 2 heterocycles. The molecule has 0 spiro atoms. The molecular formula is C18H17FN4S2. The lowest BCUT2D eigenvalue weighted by Gasteiger charge is -2.06. The summed E-state index contributed by atoms with van der Waals surface area (Å²) in [5.41, 5.74) is 1.93. The second kappa shape index (κ2) is 7.09. The molecule has 0 bridgehead atoms. The van der Waals surface area contributed by atoms with Gasteiger partial charge in [0.25, 0.3) is 0 Å². The SMILES string of the molecule is C=CCn1c(SCc2csc(-c3ccc(F)cc3)n2)nnc1C1CC1. The summed E-state index contributed by atoms with van der Waals surface area (Å²) in [6.07, 6.45) is 4.29. The minimum Gasteiger partial charge on any atom is -0.302 e. The molecule has 0 saturated heterocycles.